The number of nitrogens with one attached hydrogen (secondary N) is 1. The van der Waals surface area contributed by atoms with Crippen molar-refractivity contribution >= 4 is 34.9 Å². The van der Waals surface area contributed by atoms with Crippen LogP contribution >= 0.6 is 11.6 Å². The van der Waals surface area contributed by atoms with E-state index in [1.54, 1.807) is 0 Å². The van der Waals surface area contributed by atoms with Gasteiger partial charge >= 0.3 is 5.97 Å². The number of aryl methyl sites for hydroxylation is 1. The van der Waals surface area contributed by atoms with Crippen LogP contribution in [-0.2, 0) is 9.53 Å². The number of nitrogens with two attached hydrogens (primary N) is 1. The van der Waals surface area contributed by atoms with Crippen LogP contribution in [0.4, 0.5) is 11.4 Å². The average Bonchev–Trinajstić information content (AvgIpc) is 2.63. The zero-order valence-electron chi connectivity index (χ0n) is 15.8. The zero-order valence-corrected chi connectivity index (χ0v) is 16.5. The van der Waals surface area contributed by atoms with Gasteiger partial charge in [-0.2, -0.15) is 0 Å². The largest absolute Gasteiger partial charge is 0.496 e. The highest BCUT2D eigenvalue weighted by Crippen LogP contribution is 2.30. The quantitative estimate of drug-likeness (QED) is 0.571. The number of ether oxygens (including phenoxy) is 2. The first-order valence-corrected chi connectivity index (χ1v) is 8.81. The van der Waals surface area contributed by atoms with Gasteiger partial charge in [-0.15, -0.1) is 0 Å². The van der Waals surface area contributed by atoms with Crippen molar-refractivity contribution in [3.05, 3.63) is 52.0 Å². The van der Waals surface area contributed by atoms with Gasteiger partial charge in [-0.25, -0.2) is 4.79 Å². The molecule has 0 aliphatic carbocycles. The Bertz CT molecular complexity index is 865. The monoisotopic (exact) mass is 390 g/mol. The maximum Gasteiger partial charge on any atom is 0.342 e. The lowest BCUT2D eigenvalue weighted by atomic mass is 9.98. The summed E-state index contributed by atoms with van der Waals surface area (Å²) in [6.07, 6.45) is 0. The first-order valence-electron chi connectivity index (χ1n) is 8.44. The summed E-state index contributed by atoms with van der Waals surface area (Å²) < 4.78 is 10.2. The molecule has 6 nitrogen and oxygen atoms in total. The number of amides is 1. The number of hydrogen-bond acceptors (Lipinski definition) is 5. The predicted molar refractivity (Wildman–Crippen MR) is 107 cm³/mol. The molecule has 2 rings (SSSR count). The molecule has 27 heavy (non-hydrogen) atoms. The topological polar surface area (TPSA) is 90.7 Å². The number of methoxy groups -OCH3 is 1. The van der Waals surface area contributed by atoms with Crippen molar-refractivity contribution in [1.82, 2.24) is 0 Å². The Morgan fingerprint density at radius 3 is 2.59 bits per heavy atom. The van der Waals surface area contributed by atoms with Gasteiger partial charge in [-0.05, 0) is 30.0 Å². The van der Waals surface area contributed by atoms with Crippen LogP contribution in [0.1, 0.15) is 41.3 Å². The maximum atomic E-state index is 12.3. The van der Waals surface area contributed by atoms with Gasteiger partial charge in [0.05, 0.1) is 17.8 Å². The molecule has 0 bridgehead atoms. The fourth-order valence-corrected chi connectivity index (χ4v) is 2.79. The van der Waals surface area contributed by atoms with Gasteiger partial charge in [0.15, 0.2) is 6.61 Å². The predicted octanol–water partition coefficient (Wildman–Crippen LogP) is 4.16. The van der Waals surface area contributed by atoms with Crippen LogP contribution in [-0.4, -0.2) is 25.6 Å². The van der Waals surface area contributed by atoms with E-state index in [1.165, 1.54) is 19.2 Å². The minimum atomic E-state index is -0.724. The summed E-state index contributed by atoms with van der Waals surface area (Å²) in [7, 11) is 1.40. The Morgan fingerprint density at radius 2 is 1.96 bits per heavy atom. The molecule has 2 aromatic carbocycles. The molecule has 0 aromatic heterocycles. The van der Waals surface area contributed by atoms with Gasteiger partial charge < -0.3 is 20.5 Å². The molecule has 144 valence electrons. The maximum absolute atomic E-state index is 12.3. The van der Waals surface area contributed by atoms with Crippen molar-refractivity contribution in [2.45, 2.75) is 26.7 Å². The molecule has 0 saturated heterocycles. The third-order valence-electron chi connectivity index (χ3n) is 4.06. The number of halogens is 1. The smallest absolute Gasteiger partial charge is 0.342 e. The second-order valence-corrected chi connectivity index (χ2v) is 6.80. The molecule has 0 unspecified atom stereocenters. The van der Waals surface area contributed by atoms with E-state index in [0.717, 1.165) is 16.8 Å². The molecule has 0 aliphatic heterocycles. The Labute approximate surface area is 163 Å². The number of benzene rings is 2. The number of nitrogen functional groups attached to an aromatic ring is 1. The lowest BCUT2D eigenvalue weighted by Gasteiger charge is -2.16. The van der Waals surface area contributed by atoms with Crippen molar-refractivity contribution in [3.63, 3.8) is 0 Å². The molecular formula is C20H23ClN2O4. The van der Waals surface area contributed by atoms with Gasteiger partial charge in [-0.1, -0.05) is 43.6 Å². The number of rotatable bonds is 6. The summed E-state index contributed by atoms with van der Waals surface area (Å²) in [5.74, 6) is -0.690. The van der Waals surface area contributed by atoms with E-state index in [4.69, 9.17) is 26.8 Å². The Kier molecular flexibility index (Phi) is 6.69. The van der Waals surface area contributed by atoms with E-state index < -0.39 is 18.5 Å². The van der Waals surface area contributed by atoms with Crippen LogP contribution in [0, 0.1) is 6.92 Å². The molecule has 0 fully saturated rings. The van der Waals surface area contributed by atoms with E-state index in [2.05, 4.69) is 5.32 Å². The molecule has 0 spiro atoms. The lowest BCUT2D eigenvalue weighted by Crippen LogP contribution is -2.22. The van der Waals surface area contributed by atoms with Gasteiger partial charge in [0.2, 0.25) is 0 Å². The van der Waals surface area contributed by atoms with Crippen LogP contribution in [0.25, 0.3) is 0 Å². The van der Waals surface area contributed by atoms with Crippen molar-refractivity contribution in [2.24, 2.45) is 0 Å². The highest BCUT2D eigenvalue weighted by molar-refractivity contribution is 6.33. The third-order valence-corrected chi connectivity index (χ3v) is 4.39. The molecule has 7 heteroatoms. The van der Waals surface area contributed by atoms with Crippen molar-refractivity contribution < 1.29 is 19.1 Å². The van der Waals surface area contributed by atoms with Crippen LogP contribution in [0.5, 0.6) is 5.75 Å². The van der Waals surface area contributed by atoms with Crippen LogP contribution in [0.3, 0.4) is 0 Å². The highest BCUT2D eigenvalue weighted by atomic mass is 35.5. The number of hydrogen-bond donors (Lipinski definition) is 2. The number of carbonyl (C=O) groups excluding carboxylic acids is 2. The normalized spacial score (nSPS) is 10.6. The van der Waals surface area contributed by atoms with Gasteiger partial charge in [0.25, 0.3) is 5.91 Å². The number of para-hydroxylation sites is 1. The van der Waals surface area contributed by atoms with E-state index in [-0.39, 0.29) is 27.9 Å². The molecule has 0 saturated carbocycles. The SMILES string of the molecule is COc1cc(N)c(Cl)cc1C(=O)OCC(=O)Nc1c(C)cccc1C(C)C. The summed E-state index contributed by atoms with van der Waals surface area (Å²) in [5, 5.41) is 3.03. The summed E-state index contributed by atoms with van der Waals surface area (Å²) in [5.41, 5.74) is 8.77. The lowest BCUT2D eigenvalue weighted by molar-refractivity contribution is -0.119. The van der Waals surface area contributed by atoms with E-state index in [9.17, 15) is 9.59 Å². The van der Waals surface area contributed by atoms with E-state index in [0.29, 0.717) is 0 Å². The Hall–Kier alpha value is -2.73. The molecular weight excluding hydrogens is 368 g/mol. The van der Waals surface area contributed by atoms with Crippen molar-refractivity contribution in [1.29, 1.82) is 0 Å². The molecule has 2 aromatic rings. The number of carbonyl (C=O) groups is 2. The minimum Gasteiger partial charge on any atom is -0.496 e. The summed E-state index contributed by atoms with van der Waals surface area (Å²) in [6, 6.07) is 8.60. The molecule has 0 atom stereocenters. The summed E-state index contributed by atoms with van der Waals surface area (Å²) in [6.45, 7) is 5.56. The van der Waals surface area contributed by atoms with Crippen molar-refractivity contribution in [3.8, 4) is 5.75 Å². The number of anilines is 2. The Morgan fingerprint density at radius 1 is 1.26 bits per heavy atom. The number of esters is 1. The summed E-state index contributed by atoms with van der Waals surface area (Å²) in [4.78, 5) is 24.6. The molecule has 0 radical (unpaired) electrons. The van der Waals surface area contributed by atoms with Gasteiger partial charge in [0.1, 0.15) is 11.3 Å². The van der Waals surface area contributed by atoms with Gasteiger partial charge in [-0.3, -0.25) is 4.79 Å². The van der Waals surface area contributed by atoms with Crippen LogP contribution in [0.15, 0.2) is 30.3 Å². The third kappa shape index (κ3) is 4.92. The highest BCUT2D eigenvalue weighted by Gasteiger charge is 2.18. The second-order valence-electron chi connectivity index (χ2n) is 6.39. The zero-order chi connectivity index (χ0) is 20.1. The van der Waals surface area contributed by atoms with Gasteiger partial charge in [0, 0.05) is 11.8 Å². The fraction of sp³-hybridized carbons (Fsp3) is 0.300. The fourth-order valence-electron chi connectivity index (χ4n) is 2.62. The van der Waals surface area contributed by atoms with E-state index in [1.807, 2.05) is 39.0 Å². The summed E-state index contributed by atoms with van der Waals surface area (Å²) >= 11 is 5.95. The molecule has 0 heterocycles. The average molecular weight is 391 g/mol. The molecule has 3 N–H and O–H groups in total. The first kappa shape index (κ1) is 20.6. The second kappa shape index (κ2) is 8.77. The Balaban J connectivity index is 2.09. The standard InChI is InChI=1S/C20H23ClN2O4/c1-11(2)13-7-5-6-12(3)19(13)23-18(24)10-27-20(25)14-8-15(21)16(22)9-17(14)26-4/h5-9,11H,10,22H2,1-4H3,(H,23,24). The van der Waals surface area contributed by atoms with E-state index >= 15 is 0 Å². The minimum absolute atomic E-state index is 0.100. The molecule has 0 aliphatic rings. The first-order chi connectivity index (χ1) is 12.7. The van der Waals surface area contributed by atoms with Crippen LogP contribution in [0.2, 0.25) is 5.02 Å². The molecule has 1 amide bonds. The van der Waals surface area contributed by atoms with Crippen LogP contribution < -0.4 is 15.8 Å². The van der Waals surface area contributed by atoms with Crippen molar-refractivity contribution in [2.75, 3.05) is 24.8 Å².